The predicted molar refractivity (Wildman–Crippen MR) is 125 cm³/mol. The normalized spacial score (nSPS) is 12.3. The first-order valence-corrected chi connectivity index (χ1v) is 11.3. The van der Waals surface area contributed by atoms with E-state index in [2.05, 4.69) is 15.1 Å². The van der Waals surface area contributed by atoms with E-state index in [1.165, 1.54) is 0 Å². The molecule has 3 heterocycles. The van der Waals surface area contributed by atoms with E-state index in [-0.39, 0.29) is 35.1 Å². The monoisotopic (exact) mass is 577 g/mol. The molecule has 1 aromatic carbocycles. The van der Waals surface area contributed by atoms with Crippen molar-refractivity contribution in [2.24, 2.45) is 0 Å². The van der Waals surface area contributed by atoms with E-state index in [1.54, 1.807) is 12.0 Å². The van der Waals surface area contributed by atoms with Crippen LogP contribution < -0.4 is 11.1 Å². The Kier molecular flexibility index (Phi) is 9.21. The lowest BCUT2D eigenvalue weighted by atomic mass is 10.1. The summed E-state index contributed by atoms with van der Waals surface area (Å²) in [6.45, 7) is 1.45. The minimum absolute atomic E-state index is 0.190. The second kappa shape index (κ2) is 12.2. The average Bonchev–Trinajstić information content (AvgIpc) is 2.86. The number of hydrogen-bond acceptors (Lipinski definition) is 6. The summed E-state index contributed by atoms with van der Waals surface area (Å²) >= 11 is 0. The molecule has 1 unspecified atom stereocenters. The molecule has 0 bridgehead atoms. The Morgan fingerprint density at radius 3 is 2.17 bits per heavy atom. The molecule has 0 aliphatic carbocycles. The summed E-state index contributed by atoms with van der Waals surface area (Å²) in [5.41, 5.74) is -4.49. The fourth-order valence-corrected chi connectivity index (χ4v) is 3.54. The van der Waals surface area contributed by atoms with Crippen LogP contribution in [0.4, 0.5) is 35.1 Å². The van der Waals surface area contributed by atoms with Gasteiger partial charge in [-0.3, -0.25) is 9.59 Å². The Labute approximate surface area is 219 Å². The minimum atomic E-state index is -4.86. The molecule has 0 saturated carbocycles. The standard InChI is InChI=1S/C19H16F5N3O.C5H3F3N2O2/c1-2-3-11(20)8-27-9-16(22)12-4-14(15(21)5-13(12)19(27)28)18-25-6-10(7-26-18)17(23)24;6-5(7,8)3-2(11)1-9-10-4(3)12/h4-7,9,11,17H,2-3,8H2,1H3;1H,(H2,10,11,12). The van der Waals surface area contributed by atoms with Crippen molar-refractivity contribution in [3.05, 3.63) is 80.4 Å². The summed E-state index contributed by atoms with van der Waals surface area (Å²) in [5, 5.41) is 12.7. The lowest BCUT2D eigenvalue weighted by Gasteiger charge is -2.12. The number of pyridine rings is 1. The lowest BCUT2D eigenvalue weighted by molar-refractivity contribution is -0.140. The Balaban J connectivity index is 0.000000307. The van der Waals surface area contributed by atoms with Gasteiger partial charge in [0.05, 0.1) is 29.3 Å². The SMILES string of the molecule is CCCC(F)Cn1cc(F)c2cc(-c3ncc(C(F)F)cn3)c(F)cc2c1=O.O=c1[nH]ncc(O)c1C(F)(F)F. The van der Waals surface area contributed by atoms with Gasteiger partial charge in [-0.1, -0.05) is 13.3 Å². The van der Waals surface area contributed by atoms with Crippen LogP contribution in [0.1, 0.15) is 37.3 Å². The van der Waals surface area contributed by atoms with Crippen molar-refractivity contribution < 1.29 is 40.2 Å². The van der Waals surface area contributed by atoms with Gasteiger partial charge in [0.15, 0.2) is 17.1 Å². The molecule has 0 fully saturated rings. The minimum Gasteiger partial charge on any atom is -0.505 e. The number of nitrogens with zero attached hydrogens (tertiary/aromatic N) is 4. The smallest absolute Gasteiger partial charge is 0.425 e. The van der Waals surface area contributed by atoms with Crippen LogP contribution in [-0.4, -0.2) is 36.0 Å². The molecular weight excluding hydrogens is 558 g/mol. The summed E-state index contributed by atoms with van der Waals surface area (Å²) < 4.78 is 105. The molecule has 0 aliphatic heterocycles. The van der Waals surface area contributed by atoms with Gasteiger partial charge in [-0.2, -0.15) is 18.3 Å². The highest BCUT2D eigenvalue weighted by molar-refractivity contribution is 5.86. The van der Waals surface area contributed by atoms with Gasteiger partial charge in [0.1, 0.15) is 17.8 Å². The quantitative estimate of drug-likeness (QED) is 0.301. The zero-order chi connectivity index (χ0) is 29.8. The second-order valence-electron chi connectivity index (χ2n) is 8.30. The Morgan fingerprint density at radius 2 is 1.65 bits per heavy atom. The van der Waals surface area contributed by atoms with Crippen LogP contribution in [0, 0.1) is 11.6 Å². The molecule has 0 spiro atoms. The van der Waals surface area contributed by atoms with E-state index in [0.717, 1.165) is 35.3 Å². The van der Waals surface area contributed by atoms with Crippen molar-refractivity contribution in [3.8, 4) is 17.1 Å². The van der Waals surface area contributed by atoms with Crippen molar-refractivity contribution in [2.75, 3.05) is 0 Å². The summed E-state index contributed by atoms with van der Waals surface area (Å²) in [7, 11) is 0. The first-order chi connectivity index (χ1) is 18.7. The molecule has 40 heavy (non-hydrogen) atoms. The zero-order valence-corrected chi connectivity index (χ0v) is 20.3. The van der Waals surface area contributed by atoms with E-state index >= 15 is 0 Å². The Bertz CT molecular complexity index is 1600. The number of fused-ring (bicyclic) bond motifs is 1. The van der Waals surface area contributed by atoms with Crippen LogP contribution in [0.5, 0.6) is 5.75 Å². The van der Waals surface area contributed by atoms with Gasteiger partial charge in [0, 0.05) is 24.0 Å². The van der Waals surface area contributed by atoms with Crippen LogP contribution in [0.2, 0.25) is 0 Å². The van der Waals surface area contributed by atoms with Gasteiger partial charge >= 0.3 is 6.18 Å². The summed E-state index contributed by atoms with van der Waals surface area (Å²) in [5.74, 6) is -3.16. The number of benzene rings is 1. The largest absolute Gasteiger partial charge is 0.505 e. The fraction of sp³-hybridized carbons (Fsp3) is 0.292. The van der Waals surface area contributed by atoms with E-state index in [1.807, 2.05) is 0 Å². The maximum Gasteiger partial charge on any atom is 0.425 e. The van der Waals surface area contributed by atoms with Crippen LogP contribution >= 0.6 is 0 Å². The predicted octanol–water partition coefficient (Wildman–Crippen LogP) is 5.31. The first kappa shape index (κ1) is 30.2. The van der Waals surface area contributed by atoms with Crippen LogP contribution in [0.3, 0.4) is 0 Å². The van der Waals surface area contributed by atoms with Crippen molar-refractivity contribution in [1.82, 2.24) is 24.7 Å². The highest BCUT2D eigenvalue weighted by Gasteiger charge is 2.37. The Hall–Kier alpha value is -4.37. The second-order valence-corrected chi connectivity index (χ2v) is 8.30. The number of alkyl halides is 6. The summed E-state index contributed by atoms with van der Waals surface area (Å²) in [6, 6.07) is 1.87. The molecule has 4 rings (SSSR count). The molecule has 2 N–H and O–H groups in total. The van der Waals surface area contributed by atoms with Gasteiger partial charge in [0.2, 0.25) is 0 Å². The highest BCUT2D eigenvalue weighted by atomic mass is 19.4. The average molecular weight is 577 g/mol. The molecule has 4 aromatic rings. The number of hydrogen-bond donors (Lipinski definition) is 2. The number of H-pyrrole nitrogens is 1. The third kappa shape index (κ3) is 6.79. The number of aromatic nitrogens is 5. The third-order valence-electron chi connectivity index (χ3n) is 5.41. The molecule has 8 nitrogen and oxygen atoms in total. The maximum absolute atomic E-state index is 14.5. The van der Waals surface area contributed by atoms with E-state index in [4.69, 9.17) is 5.11 Å². The molecule has 3 aromatic heterocycles. The van der Waals surface area contributed by atoms with E-state index < -0.39 is 58.4 Å². The first-order valence-electron chi connectivity index (χ1n) is 11.3. The third-order valence-corrected chi connectivity index (χ3v) is 5.41. The molecule has 0 saturated heterocycles. The number of aromatic hydroxyl groups is 1. The number of nitrogens with one attached hydrogen (secondary N) is 1. The van der Waals surface area contributed by atoms with Gasteiger partial charge in [-0.25, -0.2) is 37.0 Å². The Morgan fingerprint density at radius 1 is 1.00 bits per heavy atom. The topological polar surface area (TPSA) is 114 Å². The van der Waals surface area contributed by atoms with Gasteiger partial charge in [0.25, 0.3) is 17.5 Å². The number of rotatable bonds is 6. The maximum atomic E-state index is 14.5. The van der Waals surface area contributed by atoms with Crippen molar-refractivity contribution in [1.29, 1.82) is 0 Å². The lowest BCUT2D eigenvalue weighted by Crippen LogP contribution is -2.25. The van der Waals surface area contributed by atoms with Crippen molar-refractivity contribution in [3.63, 3.8) is 0 Å². The molecular formula is C24H19F8N5O3. The molecule has 1 atom stereocenters. The molecule has 214 valence electrons. The van der Waals surface area contributed by atoms with Gasteiger partial charge in [-0.15, -0.1) is 0 Å². The van der Waals surface area contributed by atoms with E-state index in [0.29, 0.717) is 12.6 Å². The fourth-order valence-electron chi connectivity index (χ4n) is 3.54. The number of halogens is 8. The summed E-state index contributed by atoms with van der Waals surface area (Å²) in [6.07, 6.45) is -5.11. The van der Waals surface area contributed by atoms with E-state index in [9.17, 15) is 44.7 Å². The highest BCUT2D eigenvalue weighted by Crippen LogP contribution is 2.31. The van der Waals surface area contributed by atoms with Crippen molar-refractivity contribution in [2.45, 2.75) is 45.1 Å². The van der Waals surface area contributed by atoms with Crippen LogP contribution in [0.25, 0.3) is 22.2 Å². The molecule has 16 heteroatoms. The van der Waals surface area contributed by atoms with Gasteiger partial charge < -0.3 is 9.67 Å². The molecule has 0 aliphatic rings. The van der Waals surface area contributed by atoms with Gasteiger partial charge in [-0.05, 0) is 18.6 Å². The summed E-state index contributed by atoms with van der Waals surface area (Å²) in [4.78, 5) is 30.3. The van der Waals surface area contributed by atoms with Crippen molar-refractivity contribution >= 4 is 10.8 Å². The number of aromatic amines is 1. The zero-order valence-electron chi connectivity index (χ0n) is 20.3. The van der Waals surface area contributed by atoms with Crippen LogP contribution in [0.15, 0.2) is 46.5 Å². The molecule has 0 radical (unpaired) electrons. The molecule has 0 amide bonds. The van der Waals surface area contributed by atoms with Crippen LogP contribution in [-0.2, 0) is 12.7 Å².